The van der Waals surface area contributed by atoms with Gasteiger partial charge in [0.1, 0.15) is 11.6 Å². The van der Waals surface area contributed by atoms with Crippen LogP contribution >= 0.6 is 11.6 Å². The molecule has 8 rings (SSSR count). The van der Waals surface area contributed by atoms with E-state index in [-0.39, 0.29) is 40.6 Å². The van der Waals surface area contributed by atoms with Gasteiger partial charge in [-0.2, -0.15) is 18.3 Å². The highest BCUT2D eigenvalue weighted by Crippen LogP contribution is 2.44. The van der Waals surface area contributed by atoms with Gasteiger partial charge in [0.25, 0.3) is 17.7 Å². The number of hydrogen-bond acceptors (Lipinski definition) is 8. The highest BCUT2D eigenvalue weighted by Gasteiger charge is 2.50. The Morgan fingerprint density at radius 2 is 1.78 bits per heavy atom. The molecule has 1 aliphatic carbocycles. The van der Waals surface area contributed by atoms with Gasteiger partial charge in [-0.15, -0.1) is 0 Å². The Bertz CT molecular complexity index is 1990. The quantitative estimate of drug-likeness (QED) is 0.353. The number of fused-ring (bicyclic) bond motifs is 2. The predicted octanol–water partition coefficient (Wildman–Crippen LogP) is 3.93. The molecule has 0 radical (unpaired) electrons. The lowest BCUT2D eigenvalue weighted by atomic mass is 9.75. The second kappa shape index (κ2) is 11.7. The van der Waals surface area contributed by atoms with E-state index in [0.29, 0.717) is 31.8 Å². The molecule has 2 saturated heterocycles. The summed E-state index contributed by atoms with van der Waals surface area (Å²) in [6.07, 6.45) is -0.716. The molecule has 1 saturated carbocycles. The molecule has 12 nitrogen and oxygen atoms in total. The van der Waals surface area contributed by atoms with Crippen LogP contribution in [0.1, 0.15) is 69.6 Å². The number of nitrogens with zero attached hydrogens (tertiary/aromatic N) is 5. The fourth-order valence-corrected chi connectivity index (χ4v) is 7.94. The number of halogens is 4. The molecule has 2 aromatic carbocycles. The Balaban J connectivity index is 0.893. The van der Waals surface area contributed by atoms with E-state index in [2.05, 4.69) is 25.5 Å². The zero-order chi connectivity index (χ0) is 35.1. The number of nitrogens with one attached hydrogen (secondary N) is 2. The maximum absolute atomic E-state index is 13.6. The molecular formula is C34H31ClF3N7O5. The van der Waals surface area contributed by atoms with Crippen LogP contribution < -0.4 is 15.5 Å². The van der Waals surface area contributed by atoms with Crippen molar-refractivity contribution < 1.29 is 37.1 Å². The molecule has 5 amide bonds. The number of imide groups is 2. The van der Waals surface area contributed by atoms with Crippen molar-refractivity contribution in [1.29, 1.82) is 0 Å². The van der Waals surface area contributed by atoms with Gasteiger partial charge in [-0.25, -0.2) is 0 Å². The van der Waals surface area contributed by atoms with Crippen LogP contribution in [0.3, 0.4) is 0 Å². The van der Waals surface area contributed by atoms with E-state index >= 15 is 0 Å². The number of carbonyl (C=O) groups excluding carboxylic acids is 5. The molecule has 4 aliphatic heterocycles. The highest BCUT2D eigenvalue weighted by atomic mass is 35.5. The first-order chi connectivity index (χ1) is 23.8. The normalized spacial score (nSPS) is 21.9. The molecule has 0 spiro atoms. The number of carbonyl (C=O) groups is 5. The predicted molar refractivity (Wildman–Crippen MR) is 172 cm³/mol. The molecule has 0 bridgehead atoms. The molecule has 16 heteroatoms. The van der Waals surface area contributed by atoms with Crippen molar-refractivity contribution in [2.75, 3.05) is 29.9 Å². The fraction of sp³-hybridized carbons (Fsp3) is 0.412. The number of anilines is 2. The molecule has 3 aromatic rings. The number of hydrogen-bond donors (Lipinski definition) is 2. The Kier molecular flexibility index (Phi) is 7.56. The van der Waals surface area contributed by atoms with E-state index < -0.39 is 46.9 Å². The Hall–Kier alpha value is -4.76. The smallest absolute Gasteiger partial charge is 0.371 e. The SMILES string of the molecule is O=C1CCC(N2C(=O)c3ccc(N4CC(CN5Cc6cnn(C7(C(=O)Nc8ccc(C(F)(F)F)cc8Cl)CCC7)c6C5)C4)cc3C2=O)C(=O)N1. The van der Waals surface area contributed by atoms with Crippen molar-refractivity contribution >= 4 is 52.5 Å². The third-order valence-electron chi connectivity index (χ3n) is 10.5. The van der Waals surface area contributed by atoms with Crippen LogP contribution in [-0.4, -0.2) is 74.8 Å². The number of rotatable bonds is 7. The lowest BCUT2D eigenvalue weighted by Gasteiger charge is -2.43. The van der Waals surface area contributed by atoms with Gasteiger partial charge >= 0.3 is 6.18 Å². The van der Waals surface area contributed by atoms with E-state index in [1.807, 2.05) is 0 Å². The van der Waals surface area contributed by atoms with E-state index in [1.165, 1.54) is 6.07 Å². The summed E-state index contributed by atoms with van der Waals surface area (Å²) in [4.78, 5) is 69.3. The summed E-state index contributed by atoms with van der Waals surface area (Å²) in [5.74, 6) is -2.18. The van der Waals surface area contributed by atoms with E-state index in [4.69, 9.17) is 11.6 Å². The van der Waals surface area contributed by atoms with Gasteiger partial charge in [-0.3, -0.25) is 43.8 Å². The summed E-state index contributed by atoms with van der Waals surface area (Å²) in [7, 11) is 0. The van der Waals surface area contributed by atoms with Gasteiger partial charge in [0.15, 0.2) is 0 Å². The van der Waals surface area contributed by atoms with E-state index in [9.17, 15) is 37.1 Å². The van der Waals surface area contributed by atoms with E-state index in [1.54, 1.807) is 29.1 Å². The third kappa shape index (κ3) is 5.25. The minimum absolute atomic E-state index is 0.0575. The first-order valence-corrected chi connectivity index (χ1v) is 16.8. The molecular weight excluding hydrogens is 679 g/mol. The Morgan fingerprint density at radius 1 is 1.02 bits per heavy atom. The molecule has 1 aromatic heterocycles. The third-order valence-corrected chi connectivity index (χ3v) is 10.9. The van der Waals surface area contributed by atoms with Crippen molar-refractivity contribution in [3.8, 4) is 0 Å². The zero-order valence-corrected chi connectivity index (χ0v) is 27.3. The molecule has 1 unspecified atom stereocenters. The average Bonchev–Trinajstić information content (AvgIpc) is 3.67. The highest BCUT2D eigenvalue weighted by molar-refractivity contribution is 6.33. The average molecular weight is 710 g/mol. The van der Waals surface area contributed by atoms with Crippen LogP contribution in [0.5, 0.6) is 0 Å². The van der Waals surface area contributed by atoms with Crippen LogP contribution in [-0.2, 0) is 39.2 Å². The molecule has 5 aliphatic rings. The Labute approximate surface area is 288 Å². The van der Waals surface area contributed by atoms with Crippen molar-refractivity contribution in [2.24, 2.45) is 5.92 Å². The van der Waals surface area contributed by atoms with Crippen molar-refractivity contribution in [2.45, 2.75) is 63.0 Å². The molecule has 50 heavy (non-hydrogen) atoms. The number of piperidine rings is 1. The molecule has 5 heterocycles. The summed E-state index contributed by atoms with van der Waals surface area (Å²) >= 11 is 6.13. The Morgan fingerprint density at radius 3 is 2.46 bits per heavy atom. The minimum Gasteiger partial charge on any atom is -0.371 e. The topological polar surface area (TPSA) is 137 Å². The summed E-state index contributed by atoms with van der Waals surface area (Å²) in [6, 6.07) is 6.96. The van der Waals surface area contributed by atoms with Crippen molar-refractivity contribution in [3.63, 3.8) is 0 Å². The van der Waals surface area contributed by atoms with Crippen LogP contribution in [0.4, 0.5) is 24.5 Å². The minimum atomic E-state index is -4.55. The summed E-state index contributed by atoms with van der Waals surface area (Å²) in [6.45, 7) is 3.51. The summed E-state index contributed by atoms with van der Waals surface area (Å²) in [5, 5.41) is 9.35. The number of benzene rings is 2. The van der Waals surface area contributed by atoms with Gasteiger partial charge in [-0.05, 0) is 62.1 Å². The first kappa shape index (κ1) is 32.4. The second-order valence-corrected chi connectivity index (χ2v) is 14.1. The number of aromatic nitrogens is 2. The lowest BCUT2D eigenvalue weighted by Crippen LogP contribution is -2.54. The fourth-order valence-electron chi connectivity index (χ4n) is 7.71. The second-order valence-electron chi connectivity index (χ2n) is 13.7. The largest absolute Gasteiger partial charge is 0.416 e. The van der Waals surface area contributed by atoms with Gasteiger partial charge in [0.05, 0.1) is 39.3 Å². The zero-order valence-electron chi connectivity index (χ0n) is 26.6. The standard InChI is InChI=1S/C34H31ClF3N7O5/c35-24-10-20(34(36,37)38)2-5-25(24)40-32(50)33(8-1-9-33)45-27-17-42(16-19(27)12-39-45)13-18-14-43(15-18)21-3-4-22-23(11-21)31(49)44(30(22)48)26-6-7-28(46)41-29(26)47/h2-5,10-12,18,26H,1,6-9,13-17H2,(H,40,50)(H,41,46,47). The summed E-state index contributed by atoms with van der Waals surface area (Å²) < 4.78 is 41.1. The summed E-state index contributed by atoms with van der Waals surface area (Å²) in [5.41, 5.74) is 1.52. The van der Waals surface area contributed by atoms with Crippen molar-refractivity contribution in [1.82, 2.24) is 24.9 Å². The van der Waals surface area contributed by atoms with Gasteiger partial charge in [0.2, 0.25) is 11.8 Å². The molecule has 260 valence electrons. The maximum Gasteiger partial charge on any atom is 0.416 e. The van der Waals surface area contributed by atoms with Crippen molar-refractivity contribution in [3.05, 3.63) is 75.6 Å². The number of amides is 5. The molecule has 3 fully saturated rings. The monoisotopic (exact) mass is 709 g/mol. The van der Waals surface area contributed by atoms with E-state index in [0.717, 1.165) is 60.0 Å². The van der Waals surface area contributed by atoms with Crippen LogP contribution in [0, 0.1) is 5.92 Å². The van der Waals surface area contributed by atoms with Crippen LogP contribution in [0.25, 0.3) is 0 Å². The molecule has 1 atom stereocenters. The van der Waals surface area contributed by atoms with Crippen LogP contribution in [0.2, 0.25) is 5.02 Å². The van der Waals surface area contributed by atoms with Gasteiger partial charge < -0.3 is 10.2 Å². The molecule has 2 N–H and O–H groups in total. The lowest BCUT2D eigenvalue weighted by molar-refractivity contribution is -0.138. The number of alkyl halides is 3. The van der Waals surface area contributed by atoms with Gasteiger partial charge in [0, 0.05) is 56.3 Å². The van der Waals surface area contributed by atoms with Gasteiger partial charge in [-0.1, -0.05) is 11.6 Å². The maximum atomic E-state index is 13.6. The van der Waals surface area contributed by atoms with Crippen LogP contribution in [0.15, 0.2) is 42.6 Å². The first-order valence-electron chi connectivity index (χ1n) is 16.4.